The number of carbonyl (C=O) groups is 2. The Morgan fingerprint density at radius 1 is 1.23 bits per heavy atom. The van der Waals surface area contributed by atoms with Crippen molar-refractivity contribution in [1.29, 1.82) is 0 Å². The first-order valence-corrected chi connectivity index (χ1v) is 8.78. The summed E-state index contributed by atoms with van der Waals surface area (Å²) in [4.78, 5) is 26.7. The highest BCUT2D eigenvalue weighted by atomic mass is 16.5. The number of amides is 1. The maximum Gasteiger partial charge on any atom is 0.338 e. The van der Waals surface area contributed by atoms with E-state index in [1.165, 1.54) is 12.7 Å². The zero-order valence-corrected chi connectivity index (χ0v) is 14.7. The number of rotatable bonds is 2. The van der Waals surface area contributed by atoms with Crippen LogP contribution in [0, 0.1) is 0 Å². The van der Waals surface area contributed by atoms with Gasteiger partial charge in [-0.05, 0) is 37.0 Å². The van der Waals surface area contributed by atoms with E-state index in [0.29, 0.717) is 43.7 Å². The van der Waals surface area contributed by atoms with Gasteiger partial charge < -0.3 is 14.4 Å². The van der Waals surface area contributed by atoms with Crippen LogP contribution in [-0.4, -0.2) is 53.8 Å². The molecule has 7 heteroatoms. The fourth-order valence-electron chi connectivity index (χ4n) is 3.92. The molecule has 0 aliphatic carbocycles. The van der Waals surface area contributed by atoms with Crippen LogP contribution >= 0.6 is 0 Å². The summed E-state index contributed by atoms with van der Waals surface area (Å²) in [7, 11) is 1.32. The lowest BCUT2D eigenvalue weighted by molar-refractivity contribution is -0.0962. The first kappa shape index (κ1) is 16.8. The zero-order chi connectivity index (χ0) is 18.1. The third-order valence-corrected chi connectivity index (χ3v) is 5.34. The lowest BCUT2D eigenvalue weighted by Gasteiger charge is -2.43. The van der Waals surface area contributed by atoms with Crippen molar-refractivity contribution in [2.75, 3.05) is 26.8 Å². The Morgan fingerprint density at radius 2 is 1.96 bits per heavy atom. The van der Waals surface area contributed by atoms with E-state index in [0.717, 1.165) is 12.1 Å². The first-order chi connectivity index (χ1) is 12.6. The summed E-state index contributed by atoms with van der Waals surface area (Å²) in [6.45, 7) is 1.80. The molecule has 1 saturated heterocycles. The molecule has 4 rings (SSSR count). The molecule has 2 aromatic rings. The topological polar surface area (TPSA) is 84.5 Å². The van der Waals surface area contributed by atoms with Crippen molar-refractivity contribution < 1.29 is 19.1 Å². The standard InChI is InChI=1S/C19H21N3O4/c1-25-18(24)15-5-3-2-4-14(15)17(23)22-9-7-19(8-10-22)16-13(6-11-26-19)12-20-21-16/h2-5,12H,6-11H2,1H3,(H,20,21). The Morgan fingerprint density at radius 3 is 2.69 bits per heavy atom. The number of piperidine rings is 1. The second-order valence-electron chi connectivity index (χ2n) is 6.69. The molecule has 2 aliphatic heterocycles. The predicted molar refractivity (Wildman–Crippen MR) is 92.8 cm³/mol. The molecule has 0 atom stereocenters. The molecule has 1 fully saturated rings. The number of nitrogens with zero attached hydrogens (tertiary/aromatic N) is 2. The lowest BCUT2D eigenvalue weighted by Crippen LogP contribution is -2.48. The second kappa shape index (κ2) is 6.57. The molecule has 1 amide bonds. The van der Waals surface area contributed by atoms with E-state index in [2.05, 4.69) is 10.2 Å². The number of fused-ring (bicyclic) bond motifs is 2. The van der Waals surface area contributed by atoms with E-state index in [-0.39, 0.29) is 11.5 Å². The molecule has 0 saturated carbocycles. The highest BCUT2D eigenvalue weighted by Gasteiger charge is 2.43. The minimum absolute atomic E-state index is 0.151. The predicted octanol–water partition coefficient (Wildman–Crippen LogP) is 1.90. The minimum Gasteiger partial charge on any atom is -0.465 e. The molecule has 0 radical (unpaired) electrons. The number of hydrogen-bond acceptors (Lipinski definition) is 5. The summed E-state index contributed by atoms with van der Waals surface area (Å²) in [5, 5.41) is 7.24. The van der Waals surface area contributed by atoms with Crippen molar-refractivity contribution in [3.05, 3.63) is 52.8 Å². The molecule has 136 valence electrons. The van der Waals surface area contributed by atoms with Crippen LogP contribution in [0.25, 0.3) is 0 Å². The number of methoxy groups -OCH3 is 1. The SMILES string of the molecule is COC(=O)c1ccccc1C(=O)N1CCC2(CC1)OCCc1cn[nH]c12. The number of hydrogen-bond donors (Lipinski definition) is 1. The quantitative estimate of drug-likeness (QED) is 0.832. The van der Waals surface area contributed by atoms with E-state index < -0.39 is 5.97 Å². The van der Waals surface area contributed by atoms with Crippen molar-refractivity contribution in [3.8, 4) is 0 Å². The van der Waals surface area contributed by atoms with Crippen LogP contribution in [0.4, 0.5) is 0 Å². The Kier molecular flexibility index (Phi) is 4.24. The summed E-state index contributed by atoms with van der Waals surface area (Å²) in [5.41, 5.74) is 2.54. The fourth-order valence-corrected chi connectivity index (χ4v) is 3.92. The van der Waals surface area contributed by atoms with Crippen LogP contribution in [0.3, 0.4) is 0 Å². The van der Waals surface area contributed by atoms with Crippen molar-refractivity contribution in [2.24, 2.45) is 0 Å². The fraction of sp³-hybridized carbons (Fsp3) is 0.421. The zero-order valence-electron chi connectivity index (χ0n) is 14.7. The van der Waals surface area contributed by atoms with Gasteiger partial charge in [-0.2, -0.15) is 5.10 Å². The number of aromatic amines is 1. The van der Waals surface area contributed by atoms with Gasteiger partial charge in [0.25, 0.3) is 5.91 Å². The van der Waals surface area contributed by atoms with Crippen LogP contribution in [0.2, 0.25) is 0 Å². The summed E-state index contributed by atoms with van der Waals surface area (Å²) >= 11 is 0. The third-order valence-electron chi connectivity index (χ3n) is 5.34. The van der Waals surface area contributed by atoms with Crippen LogP contribution < -0.4 is 0 Å². The van der Waals surface area contributed by atoms with Gasteiger partial charge in [0.1, 0.15) is 5.60 Å². The van der Waals surface area contributed by atoms with Crippen molar-refractivity contribution in [3.63, 3.8) is 0 Å². The van der Waals surface area contributed by atoms with Gasteiger partial charge in [0.2, 0.25) is 0 Å². The van der Waals surface area contributed by atoms with Crippen molar-refractivity contribution in [1.82, 2.24) is 15.1 Å². The second-order valence-corrected chi connectivity index (χ2v) is 6.69. The van der Waals surface area contributed by atoms with Gasteiger partial charge in [0, 0.05) is 13.1 Å². The van der Waals surface area contributed by atoms with E-state index in [1.54, 1.807) is 29.2 Å². The Balaban J connectivity index is 1.53. The molecule has 0 bridgehead atoms. The van der Waals surface area contributed by atoms with E-state index >= 15 is 0 Å². The van der Waals surface area contributed by atoms with Gasteiger partial charge in [0.15, 0.2) is 0 Å². The lowest BCUT2D eigenvalue weighted by atomic mass is 9.83. The molecule has 1 aromatic carbocycles. The maximum atomic E-state index is 13.0. The molecule has 7 nitrogen and oxygen atoms in total. The molecule has 3 heterocycles. The van der Waals surface area contributed by atoms with Crippen molar-refractivity contribution in [2.45, 2.75) is 24.9 Å². The van der Waals surface area contributed by atoms with Gasteiger partial charge >= 0.3 is 5.97 Å². The molecular formula is C19H21N3O4. The number of esters is 1. The monoisotopic (exact) mass is 355 g/mol. The van der Waals surface area contributed by atoms with Crippen LogP contribution in [0.5, 0.6) is 0 Å². The molecule has 1 spiro atoms. The number of likely N-dealkylation sites (tertiary alicyclic amines) is 1. The van der Waals surface area contributed by atoms with E-state index in [1.807, 2.05) is 6.20 Å². The molecular weight excluding hydrogens is 334 g/mol. The normalized spacial score (nSPS) is 18.4. The minimum atomic E-state index is -0.500. The summed E-state index contributed by atoms with van der Waals surface area (Å²) in [5.74, 6) is -0.651. The van der Waals surface area contributed by atoms with Gasteiger partial charge in [-0.3, -0.25) is 9.89 Å². The summed E-state index contributed by atoms with van der Waals surface area (Å²) < 4.78 is 10.9. The van der Waals surface area contributed by atoms with E-state index in [9.17, 15) is 9.59 Å². The number of H-pyrrole nitrogens is 1. The largest absolute Gasteiger partial charge is 0.465 e. The van der Waals surface area contributed by atoms with E-state index in [4.69, 9.17) is 9.47 Å². The number of aromatic nitrogens is 2. The summed E-state index contributed by atoms with van der Waals surface area (Å²) in [6.07, 6.45) is 4.13. The number of benzene rings is 1. The number of carbonyl (C=O) groups excluding carboxylic acids is 2. The highest BCUT2D eigenvalue weighted by Crippen LogP contribution is 2.40. The molecule has 2 aliphatic rings. The Hall–Kier alpha value is -2.67. The van der Waals surface area contributed by atoms with Crippen molar-refractivity contribution >= 4 is 11.9 Å². The molecule has 26 heavy (non-hydrogen) atoms. The Labute approximate surface area is 151 Å². The average molecular weight is 355 g/mol. The van der Waals surface area contributed by atoms with Gasteiger partial charge in [-0.1, -0.05) is 12.1 Å². The van der Waals surface area contributed by atoms with Crippen LogP contribution in [0.15, 0.2) is 30.5 Å². The third kappa shape index (κ3) is 2.68. The summed E-state index contributed by atoms with van der Waals surface area (Å²) in [6, 6.07) is 6.77. The van der Waals surface area contributed by atoms with Crippen LogP contribution in [0.1, 0.15) is 44.8 Å². The highest BCUT2D eigenvalue weighted by molar-refractivity contribution is 6.05. The maximum absolute atomic E-state index is 13.0. The molecule has 0 unspecified atom stereocenters. The average Bonchev–Trinajstić information content (AvgIpc) is 3.18. The molecule has 1 N–H and O–H groups in total. The Bertz CT molecular complexity index is 837. The molecule has 1 aromatic heterocycles. The first-order valence-electron chi connectivity index (χ1n) is 8.78. The number of nitrogens with one attached hydrogen (secondary N) is 1. The number of ether oxygens (including phenoxy) is 2. The van der Waals surface area contributed by atoms with Gasteiger partial charge in [0.05, 0.1) is 36.7 Å². The van der Waals surface area contributed by atoms with Gasteiger partial charge in [-0.25, -0.2) is 4.79 Å². The van der Waals surface area contributed by atoms with Crippen LogP contribution in [-0.2, 0) is 21.5 Å². The van der Waals surface area contributed by atoms with Gasteiger partial charge in [-0.15, -0.1) is 0 Å². The smallest absolute Gasteiger partial charge is 0.338 e.